The van der Waals surface area contributed by atoms with Gasteiger partial charge in [0.05, 0.1) is 24.8 Å². The first kappa shape index (κ1) is 15.3. The number of ether oxygens (including phenoxy) is 2. The number of hydrogen-bond donors (Lipinski definition) is 0. The van der Waals surface area contributed by atoms with Crippen molar-refractivity contribution >= 4 is 11.8 Å². The lowest BCUT2D eigenvalue weighted by molar-refractivity contribution is 0.244. The topological polar surface area (TPSA) is 42.2 Å². The Bertz CT molecular complexity index is 605. The molecule has 0 unspecified atom stereocenters. The molecule has 0 atom stereocenters. The fourth-order valence-corrected chi connectivity index (χ4v) is 2.34. The quantitative estimate of drug-likeness (QED) is 0.569. The number of hydrogen-bond acceptors (Lipinski definition) is 4. The molecule has 0 saturated heterocycles. The van der Waals surface area contributed by atoms with Gasteiger partial charge in [0.1, 0.15) is 11.5 Å². The summed E-state index contributed by atoms with van der Waals surface area (Å²) in [7, 11) is 0. The predicted molar refractivity (Wildman–Crippen MR) is 85.0 cm³/mol. The van der Waals surface area contributed by atoms with Gasteiger partial charge in [0, 0.05) is 11.3 Å². The molecule has 21 heavy (non-hydrogen) atoms. The third kappa shape index (κ3) is 4.73. The van der Waals surface area contributed by atoms with E-state index in [1.807, 2.05) is 42.7 Å². The number of rotatable bonds is 7. The lowest BCUT2D eigenvalue weighted by atomic mass is 10.2. The Morgan fingerprint density at radius 3 is 2.43 bits per heavy atom. The highest BCUT2D eigenvalue weighted by Gasteiger charge is 2.01. The van der Waals surface area contributed by atoms with Crippen molar-refractivity contribution < 1.29 is 9.47 Å². The van der Waals surface area contributed by atoms with Gasteiger partial charge in [-0.3, -0.25) is 0 Å². The second-order valence-electron chi connectivity index (χ2n) is 4.34. The van der Waals surface area contributed by atoms with E-state index in [4.69, 9.17) is 14.7 Å². The zero-order chi connectivity index (χ0) is 14.9. The summed E-state index contributed by atoms with van der Waals surface area (Å²) in [6, 6.07) is 17.2. The smallest absolute Gasteiger partial charge is 0.132 e. The molecule has 108 valence electrons. The molecule has 0 spiro atoms. The molecule has 0 aliphatic heterocycles. The van der Waals surface area contributed by atoms with Gasteiger partial charge in [-0.1, -0.05) is 12.1 Å². The lowest BCUT2D eigenvalue weighted by Gasteiger charge is -2.10. The van der Waals surface area contributed by atoms with Crippen LogP contribution in [-0.2, 0) is 0 Å². The van der Waals surface area contributed by atoms with Crippen molar-refractivity contribution in [3.05, 3.63) is 54.1 Å². The fraction of sp³-hybridized carbons (Fsp3) is 0.235. The molecule has 0 heterocycles. The molecule has 0 aliphatic carbocycles. The predicted octanol–water partition coefficient (Wildman–Crippen LogP) is 4.13. The van der Waals surface area contributed by atoms with Gasteiger partial charge >= 0.3 is 0 Å². The summed E-state index contributed by atoms with van der Waals surface area (Å²) >= 11 is 1.68. The molecule has 0 fully saturated rings. The van der Waals surface area contributed by atoms with Crippen molar-refractivity contribution in [1.29, 1.82) is 5.26 Å². The van der Waals surface area contributed by atoms with Gasteiger partial charge < -0.3 is 9.47 Å². The van der Waals surface area contributed by atoms with E-state index in [1.165, 1.54) is 0 Å². The maximum absolute atomic E-state index is 8.72. The van der Waals surface area contributed by atoms with Gasteiger partial charge in [0.2, 0.25) is 0 Å². The maximum Gasteiger partial charge on any atom is 0.132 e. The zero-order valence-electron chi connectivity index (χ0n) is 11.9. The van der Waals surface area contributed by atoms with Gasteiger partial charge in [-0.15, -0.1) is 11.8 Å². The van der Waals surface area contributed by atoms with Gasteiger partial charge in [-0.05, 0) is 42.7 Å². The average Bonchev–Trinajstić information content (AvgIpc) is 2.55. The molecule has 0 radical (unpaired) electrons. The van der Waals surface area contributed by atoms with E-state index in [1.54, 1.807) is 23.9 Å². The van der Waals surface area contributed by atoms with Crippen LogP contribution in [0.2, 0.25) is 0 Å². The number of thioether (sulfide) groups is 1. The monoisotopic (exact) mass is 299 g/mol. The molecule has 2 aromatic carbocycles. The molecule has 0 aromatic heterocycles. The third-order valence-electron chi connectivity index (χ3n) is 2.87. The number of nitriles is 1. The zero-order valence-corrected chi connectivity index (χ0v) is 12.7. The van der Waals surface area contributed by atoms with Crippen LogP contribution in [0.1, 0.15) is 12.0 Å². The summed E-state index contributed by atoms with van der Waals surface area (Å²) in [5.74, 6) is 1.70. The molecule has 0 bridgehead atoms. The highest BCUT2D eigenvalue weighted by Crippen LogP contribution is 2.26. The van der Waals surface area contributed by atoms with E-state index in [0.29, 0.717) is 18.8 Å². The van der Waals surface area contributed by atoms with Crippen molar-refractivity contribution in [1.82, 2.24) is 0 Å². The Hall–Kier alpha value is -2.12. The molecule has 0 N–H and O–H groups in total. The van der Waals surface area contributed by atoms with Crippen molar-refractivity contribution in [2.24, 2.45) is 0 Å². The summed E-state index contributed by atoms with van der Waals surface area (Å²) in [6.45, 7) is 1.21. The van der Waals surface area contributed by atoms with Crippen LogP contribution in [0.15, 0.2) is 53.4 Å². The first-order valence-electron chi connectivity index (χ1n) is 6.72. The third-order valence-corrected chi connectivity index (χ3v) is 3.64. The molecule has 2 aromatic rings. The van der Waals surface area contributed by atoms with Crippen molar-refractivity contribution in [2.75, 3.05) is 19.5 Å². The second kappa shape index (κ2) is 8.23. The molecule has 3 nitrogen and oxygen atoms in total. The van der Waals surface area contributed by atoms with Crippen LogP contribution < -0.4 is 9.47 Å². The van der Waals surface area contributed by atoms with Crippen molar-refractivity contribution in [3.8, 4) is 17.6 Å². The summed E-state index contributed by atoms with van der Waals surface area (Å²) in [5, 5.41) is 8.72. The minimum absolute atomic E-state index is 0.591. The molecule has 4 heteroatoms. The fourth-order valence-electron chi connectivity index (χ4n) is 1.79. The van der Waals surface area contributed by atoms with Crippen LogP contribution in [0.25, 0.3) is 0 Å². The Labute approximate surface area is 129 Å². The Balaban J connectivity index is 1.71. The highest BCUT2D eigenvalue weighted by molar-refractivity contribution is 7.98. The maximum atomic E-state index is 8.72. The first-order chi connectivity index (χ1) is 10.3. The Morgan fingerprint density at radius 1 is 1.00 bits per heavy atom. The van der Waals surface area contributed by atoms with Crippen molar-refractivity contribution in [3.63, 3.8) is 0 Å². The number of benzene rings is 2. The molecular weight excluding hydrogens is 282 g/mol. The van der Waals surface area contributed by atoms with Crippen molar-refractivity contribution in [2.45, 2.75) is 11.3 Å². The number of para-hydroxylation sites is 1. The van der Waals surface area contributed by atoms with Gasteiger partial charge in [0.25, 0.3) is 0 Å². The van der Waals surface area contributed by atoms with E-state index in [9.17, 15) is 0 Å². The Kier molecular flexibility index (Phi) is 5.99. The largest absolute Gasteiger partial charge is 0.493 e. The molecule has 0 saturated carbocycles. The van der Waals surface area contributed by atoms with Crippen LogP contribution in [0.5, 0.6) is 11.5 Å². The molecule has 2 rings (SSSR count). The lowest BCUT2D eigenvalue weighted by Crippen LogP contribution is -2.05. The van der Waals surface area contributed by atoms with E-state index in [2.05, 4.69) is 6.07 Å². The number of nitrogens with zero attached hydrogens (tertiary/aromatic N) is 1. The van der Waals surface area contributed by atoms with Crippen LogP contribution in [-0.4, -0.2) is 19.5 Å². The molecule has 0 amide bonds. The van der Waals surface area contributed by atoms with Crippen LogP contribution in [0.4, 0.5) is 0 Å². The standard InChI is InChI=1S/C17H17NO2S/c1-21-17-6-3-2-5-16(17)20-12-4-11-19-15-9-7-14(13-18)8-10-15/h2-3,5-10H,4,11-12H2,1H3. The summed E-state index contributed by atoms with van der Waals surface area (Å²) < 4.78 is 11.4. The summed E-state index contributed by atoms with van der Waals surface area (Å²) in [6.07, 6.45) is 2.85. The van der Waals surface area contributed by atoms with Crippen LogP contribution >= 0.6 is 11.8 Å². The van der Waals surface area contributed by atoms with Gasteiger partial charge in [-0.25, -0.2) is 0 Å². The minimum atomic E-state index is 0.591. The van der Waals surface area contributed by atoms with E-state index >= 15 is 0 Å². The minimum Gasteiger partial charge on any atom is -0.493 e. The molecule has 0 aliphatic rings. The first-order valence-corrected chi connectivity index (χ1v) is 7.95. The van der Waals surface area contributed by atoms with E-state index < -0.39 is 0 Å². The normalized spacial score (nSPS) is 9.90. The van der Waals surface area contributed by atoms with Crippen LogP contribution in [0, 0.1) is 11.3 Å². The van der Waals surface area contributed by atoms with Crippen LogP contribution in [0.3, 0.4) is 0 Å². The summed E-state index contributed by atoms with van der Waals surface area (Å²) in [5.41, 5.74) is 0.638. The van der Waals surface area contributed by atoms with Gasteiger partial charge in [0.15, 0.2) is 0 Å². The highest BCUT2D eigenvalue weighted by atomic mass is 32.2. The Morgan fingerprint density at radius 2 is 1.71 bits per heavy atom. The van der Waals surface area contributed by atoms with E-state index in [-0.39, 0.29) is 0 Å². The second-order valence-corrected chi connectivity index (χ2v) is 5.19. The SMILES string of the molecule is CSc1ccccc1OCCCOc1ccc(C#N)cc1. The summed E-state index contributed by atoms with van der Waals surface area (Å²) in [4.78, 5) is 1.14. The van der Waals surface area contributed by atoms with Gasteiger partial charge in [-0.2, -0.15) is 5.26 Å². The average molecular weight is 299 g/mol. The molecular formula is C17H17NO2S. The van der Waals surface area contributed by atoms with E-state index in [0.717, 1.165) is 22.8 Å².